The minimum Gasteiger partial charge on any atom is -0.0735 e. The van der Waals surface area contributed by atoms with E-state index in [1.807, 2.05) is 5.57 Å². The summed E-state index contributed by atoms with van der Waals surface area (Å²) in [5.41, 5.74) is 4.62. The molecule has 2 aliphatic rings. The predicted molar refractivity (Wildman–Crippen MR) is 80.6 cm³/mol. The van der Waals surface area contributed by atoms with Gasteiger partial charge in [-0.05, 0) is 61.7 Å². The third-order valence-electron chi connectivity index (χ3n) is 5.85. The van der Waals surface area contributed by atoms with Crippen molar-refractivity contribution >= 4 is 0 Å². The van der Waals surface area contributed by atoms with Gasteiger partial charge in [0.15, 0.2) is 0 Å². The van der Waals surface area contributed by atoms with E-state index in [1.165, 1.54) is 38.5 Å². The Hall–Kier alpha value is -0.260. The van der Waals surface area contributed by atoms with Crippen LogP contribution in [0.1, 0.15) is 80.1 Å². The summed E-state index contributed by atoms with van der Waals surface area (Å²) in [6.07, 6.45) is 8.40. The molecule has 104 valence electrons. The van der Waals surface area contributed by atoms with Crippen molar-refractivity contribution in [3.05, 3.63) is 11.1 Å². The summed E-state index contributed by atoms with van der Waals surface area (Å²) in [5, 5.41) is 0. The number of rotatable bonds is 2. The van der Waals surface area contributed by atoms with Gasteiger partial charge in [0.25, 0.3) is 0 Å². The lowest BCUT2D eigenvalue weighted by molar-refractivity contribution is 0.00936. The van der Waals surface area contributed by atoms with Gasteiger partial charge in [0.1, 0.15) is 0 Å². The zero-order valence-electron chi connectivity index (χ0n) is 13.4. The fraction of sp³-hybridized carbons (Fsp3) is 0.889. The van der Waals surface area contributed by atoms with Gasteiger partial charge in [-0.15, -0.1) is 0 Å². The van der Waals surface area contributed by atoms with Crippen molar-refractivity contribution in [3.63, 3.8) is 0 Å². The van der Waals surface area contributed by atoms with Crippen molar-refractivity contribution < 1.29 is 0 Å². The monoisotopic (exact) mass is 248 g/mol. The van der Waals surface area contributed by atoms with E-state index in [9.17, 15) is 0 Å². The maximum atomic E-state index is 2.58. The molecule has 0 nitrogen and oxygen atoms in total. The Bertz CT molecular complexity index is 345. The molecular formula is C18H32. The molecule has 0 aliphatic heterocycles. The van der Waals surface area contributed by atoms with E-state index in [-0.39, 0.29) is 0 Å². The van der Waals surface area contributed by atoms with Crippen LogP contribution in [0.5, 0.6) is 0 Å². The fourth-order valence-electron chi connectivity index (χ4n) is 5.01. The highest BCUT2D eigenvalue weighted by molar-refractivity contribution is 5.27. The van der Waals surface area contributed by atoms with Crippen LogP contribution < -0.4 is 0 Å². The van der Waals surface area contributed by atoms with Crippen molar-refractivity contribution in [1.29, 1.82) is 0 Å². The molecular weight excluding hydrogens is 216 g/mol. The quantitative estimate of drug-likeness (QED) is 0.528. The molecule has 0 amide bonds. The average molecular weight is 248 g/mol. The summed E-state index contributed by atoms with van der Waals surface area (Å²) in [4.78, 5) is 0. The van der Waals surface area contributed by atoms with Gasteiger partial charge in [-0.1, -0.05) is 52.2 Å². The van der Waals surface area contributed by atoms with Gasteiger partial charge >= 0.3 is 0 Å². The average Bonchev–Trinajstić information content (AvgIpc) is 2.22. The third-order valence-corrected chi connectivity index (χ3v) is 5.85. The number of allylic oxidation sites excluding steroid dienone is 2. The van der Waals surface area contributed by atoms with Crippen LogP contribution in [-0.2, 0) is 0 Å². The van der Waals surface area contributed by atoms with Crippen LogP contribution in [0.3, 0.4) is 0 Å². The Kier molecular flexibility index (Phi) is 3.69. The largest absolute Gasteiger partial charge is 0.0735 e. The highest BCUT2D eigenvalue weighted by Crippen LogP contribution is 2.60. The zero-order chi connectivity index (χ0) is 13.6. The summed E-state index contributed by atoms with van der Waals surface area (Å²) in [7, 11) is 0. The van der Waals surface area contributed by atoms with E-state index < -0.39 is 0 Å². The highest BCUT2D eigenvalue weighted by atomic mass is 14.5. The van der Waals surface area contributed by atoms with E-state index in [0.29, 0.717) is 10.8 Å². The SMILES string of the molecule is CC1=C(CC(C)C)C2(C)CCCC(C)(C)C2CC1. The van der Waals surface area contributed by atoms with Gasteiger partial charge in [0.2, 0.25) is 0 Å². The van der Waals surface area contributed by atoms with Crippen molar-refractivity contribution in [2.24, 2.45) is 22.7 Å². The second-order valence-electron chi connectivity index (χ2n) is 8.21. The predicted octanol–water partition coefficient (Wildman–Crippen LogP) is 5.98. The molecule has 18 heavy (non-hydrogen) atoms. The Labute approximate surface area is 114 Å². The van der Waals surface area contributed by atoms with Crippen LogP contribution in [0.15, 0.2) is 11.1 Å². The normalized spacial score (nSPS) is 35.8. The van der Waals surface area contributed by atoms with Crippen LogP contribution in [-0.4, -0.2) is 0 Å². The molecule has 2 atom stereocenters. The summed E-state index contributed by atoms with van der Waals surface area (Å²) in [6, 6.07) is 0. The molecule has 0 aromatic heterocycles. The molecule has 0 aromatic rings. The molecule has 0 bridgehead atoms. The maximum absolute atomic E-state index is 2.58. The van der Waals surface area contributed by atoms with Crippen LogP contribution in [0.25, 0.3) is 0 Å². The van der Waals surface area contributed by atoms with E-state index in [2.05, 4.69) is 41.5 Å². The fourth-order valence-corrected chi connectivity index (χ4v) is 5.01. The molecule has 2 rings (SSSR count). The number of fused-ring (bicyclic) bond motifs is 1. The van der Waals surface area contributed by atoms with Crippen molar-refractivity contribution in [2.75, 3.05) is 0 Å². The number of hydrogen-bond donors (Lipinski definition) is 0. The van der Waals surface area contributed by atoms with Gasteiger partial charge in [-0.25, -0.2) is 0 Å². The minimum atomic E-state index is 0.508. The Morgan fingerprint density at radius 2 is 1.83 bits per heavy atom. The second kappa shape index (κ2) is 4.69. The molecule has 0 N–H and O–H groups in total. The van der Waals surface area contributed by atoms with Crippen LogP contribution in [0.4, 0.5) is 0 Å². The topological polar surface area (TPSA) is 0 Å². The molecule has 1 fully saturated rings. The smallest absolute Gasteiger partial charge is 0.00803 e. The first kappa shape index (κ1) is 14.2. The van der Waals surface area contributed by atoms with Crippen molar-refractivity contribution in [2.45, 2.75) is 80.1 Å². The van der Waals surface area contributed by atoms with Crippen LogP contribution in [0.2, 0.25) is 0 Å². The summed E-state index contributed by atoms with van der Waals surface area (Å²) in [5.74, 6) is 1.71. The first-order valence-electron chi connectivity index (χ1n) is 7.96. The molecule has 0 heterocycles. The summed E-state index contributed by atoms with van der Waals surface area (Å²) < 4.78 is 0. The highest BCUT2D eigenvalue weighted by Gasteiger charge is 2.49. The third kappa shape index (κ3) is 2.28. The van der Waals surface area contributed by atoms with E-state index in [1.54, 1.807) is 5.57 Å². The lowest BCUT2D eigenvalue weighted by Gasteiger charge is -2.55. The van der Waals surface area contributed by atoms with E-state index in [0.717, 1.165) is 11.8 Å². The van der Waals surface area contributed by atoms with E-state index >= 15 is 0 Å². The van der Waals surface area contributed by atoms with Gasteiger partial charge in [-0.3, -0.25) is 0 Å². The van der Waals surface area contributed by atoms with Gasteiger partial charge < -0.3 is 0 Å². The molecule has 0 saturated heterocycles. The first-order chi connectivity index (χ1) is 8.27. The van der Waals surface area contributed by atoms with Crippen molar-refractivity contribution in [1.82, 2.24) is 0 Å². The molecule has 2 aliphatic carbocycles. The van der Waals surface area contributed by atoms with Crippen LogP contribution >= 0.6 is 0 Å². The standard InChI is InChI=1S/C18H32/c1-13(2)12-15-14(3)8-9-16-17(4,5)10-7-11-18(15,16)6/h13,16H,7-12H2,1-6H3. The van der Waals surface area contributed by atoms with E-state index in [4.69, 9.17) is 0 Å². The van der Waals surface area contributed by atoms with Gasteiger partial charge in [0, 0.05) is 0 Å². The lowest BCUT2D eigenvalue weighted by Crippen LogP contribution is -2.45. The first-order valence-corrected chi connectivity index (χ1v) is 7.96. The molecule has 1 saturated carbocycles. The molecule has 0 aromatic carbocycles. The van der Waals surface area contributed by atoms with Gasteiger partial charge in [-0.2, -0.15) is 0 Å². The maximum Gasteiger partial charge on any atom is -0.00803 e. The molecule has 0 radical (unpaired) electrons. The molecule has 0 spiro atoms. The molecule has 0 heteroatoms. The summed E-state index contributed by atoms with van der Waals surface area (Å²) in [6.45, 7) is 14.8. The zero-order valence-corrected chi connectivity index (χ0v) is 13.4. The van der Waals surface area contributed by atoms with Gasteiger partial charge in [0.05, 0.1) is 0 Å². The lowest BCUT2D eigenvalue weighted by atomic mass is 9.49. The minimum absolute atomic E-state index is 0.508. The Morgan fingerprint density at radius 3 is 2.44 bits per heavy atom. The van der Waals surface area contributed by atoms with Crippen LogP contribution in [0, 0.1) is 22.7 Å². The molecule has 2 unspecified atom stereocenters. The number of hydrogen-bond acceptors (Lipinski definition) is 0. The van der Waals surface area contributed by atoms with Crippen molar-refractivity contribution in [3.8, 4) is 0 Å². The Balaban J connectivity index is 2.38. The second-order valence-corrected chi connectivity index (χ2v) is 8.21. The Morgan fingerprint density at radius 1 is 1.17 bits per heavy atom. The summed E-state index contributed by atoms with van der Waals surface area (Å²) >= 11 is 0.